The van der Waals surface area contributed by atoms with Crippen molar-refractivity contribution >= 4 is 57.8 Å². The molecule has 0 spiro atoms. The summed E-state index contributed by atoms with van der Waals surface area (Å²) >= 11 is 6.05. The number of nitrogens with zero attached hydrogens (tertiary/aromatic N) is 1. The first-order valence-electron chi connectivity index (χ1n) is 9.44. The molecule has 0 atom stereocenters. The Kier molecular flexibility index (Phi) is 8.61. The van der Waals surface area contributed by atoms with E-state index in [0.717, 1.165) is 18.1 Å². The van der Waals surface area contributed by atoms with Crippen LogP contribution in [-0.4, -0.2) is 30.9 Å². The van der Waals surface area contributed by atoms with Crippen LogP contribution in [0.1, 0.15) is 42.7 Å². The Balaban J connectivity index is 0.00000150. The summed E-state index contributed by atoms with van der Waals surface area (Å²) < 4.78 is 23.2. The molecule has 160 valence electrons. The molecule has 2 N–H and O–H groups in total. The maximum Gasteiger partial charge on any atom is 0.150 e. The molecule has 1 aromatic heterocycles. The fourth-order valence-electron chi connectivity index (χ4n) is 3.55. The van der Waals surface area contributed by atoms with Gasteiger partial charge in [-0.1, -0.05) is 17.7 Å². The van der Waals surface area contributed by atoms with Gasteiger partial charge in [-0.15, -0.1) is 24.8 Å². The molecule has 4 rings (SSSR count). The SMILES string of the molecule is Cl.Cl.O=S1(=O)CCC(NCc2cnc(Nc3cccc(Cl)c3)cc2C2CC2)CC1. The van der Waals surface area contributed by atoms with Gasteiger partial charge in [0.2, 0.25) is 0 Å². The number of pyridine rings is 1. The summed E-state index contributed by atoms with van der Waals surface area (Å²) in [6, 6.07) is 10.0. The quantitative estimate of drug-likeness (QED) is 0.620. The van der Waals surface area contributed by atoms with Crippen molar-refractivity contribution in [2.24, 2.45) is 0 Å². The number of nitrogens with one attached hydrogen (secondary N) is 2. The lowest BCUT2D eigenvalue weighted by atomic mass is 10.0. The van der Waals surface area contributed by atoms with Crippen LogP contribution in [0, 0.1) is 0 Å². The Morgan fingerprint density at radius 3 is 2.45 bits per heavy atom. The standard InChI is InChI=1S/C20H24ClN3O2S.2ClH/c21-16-2-1-3-18(10-16)24-20-11-19(14-4-5-14)15(13-23-20)12-22-17-6-8-27(25,26)9-7-17;;/h1-3,10-11,13-14,17,22H,4-9,12H2,(H,23,24);2*1H. The van der Waals surface area contributed by atoms with E-state index in [1.54, 1.807) is 0 Å². The number of anilines is 2. The van der Waals surface area contributed by atoms with E-state index in [1.807, 2.05) is 30.5 Å². The second-order valence-electron chi connectivity index (χ2n) is 7.48. The van der Waals surface area contributed by atoms with Crippen molar-refractivity contribution in [1.82, 2.24) is 10.3 Å². The number of hydrogen-bond acceptors (Lipinski definition) is 5. The Bertz CT molecular complexity index is 922. The first kappa shape index (κ1) is 24.2. The highest BCUT2D eigenvalue weighted by Gasteiger charge is 2.28. The van der Waals surface area contributed by atoms with E-state index in [1.165, 1.54) is 24.0 Å². The molecule has 2 aromatic rings. The third-order valence-electron chi connectivity index (χ3n) is 5.27. The molecule has 2 heterocycles. The molecule has 2 aliphatic rings. The zero-order valence-electron chi connectivity index (χ0n) is 15.9. The highest BCUT2D eigenvalue weighted by molar-refractivity contribution is 7.91. The Morgan fingerprint density at radius 1 is 1.07 bits per heavy atom. The molecule has 1 aromatic carbocycles. The van der Waals surface area contributed by atoms with Gasteiger partial charge in [0.1, 0.15) is 15.7 Å². The van der Waals surface area contributed by atoms with Gasteiger partial charge in [-0.3, -0.25) is 0 Å². The van der Waals surface area contributed by atoms with Crippen LogP contribution in [0.25, 0.3) is 0 Å². The topological polar surface area (TPSA) is 71.1 Å². The van der Waals surface area contributed by atoms with Crippen LogP contribution in [0.15, 0.2) is 36.5 Å². The van der Waals surface area contributed by atoms with Crippen LogP contribution in [0.2, 0.25) is 5.02 Å². The third kappa shape index (κ3) is 6.72. The van der Waals surface area contributed by atoms with Gasteiger partial charge < -0.3 is 10.6 Å². The van der Waals surface area contributed by atoms with Gasteiger partial charge in [-0.2, -0.15) is 0 Å². The summed E-state index contributed by atoms with van der Waals surface area (Å²) in [7, 11) is -2.82. The number of hydrogen-bond donors (Lipinski definition) is 2. The predicted octanol–water partition coefficient (Wildman–Crippen LogP) is 4.87. The predicted molar refractivity (Wildman–Crippen MR) is 124 cm³/mol. The molecule has 2 fully saturated rings. The van der Waals surface area contributed by atoms with Gasteiger partial charge in [-0.25, -0.2) is 13.4 Å². The fraction of sp³-hybridized carbons (Fsp3) is 0.450. The second kappa shape index (κ2) is 10.3. The van der Waals surface area contributed by atoms with Crippen LogP contribution in [-0.2, 0) is 16.4 Å². The van der Waals surface area contributed by atoms with E-state index in [9.17, 15) is 8.42 Å². The monoisotopic (exact) mass is 477 g/mol. The van der Waals surface area contributed by atoms with Crippen LogP contribution in [0.4, 0.5) is 11.5 Å². The molecule has 1 saturated heterocycles. The molecular weight excluding hydrogens is 453 g/mol. The van der Waals surface area contributed by atoms with Gasteiger partial charge in [0.15, 0.2) is 0 Å². The van der Waals surface area contributed by atoms with Crippen molar-refractivity contribution in [3.8, 4) is 0 Å². The van der Waals surface area contributed by atoms with Gasteiger partial charge in [0, 0.05) is 29.5 Å². The number of halogens is 3. The minimum Gasteiger partial charge on any atom is -0.340 e. The number of sulfone groups is 1. The number of aromatic nitrogens is 1. The fourth-order valence-corrected chi connectivity index (χ4v) is 5.23. The number of rotatable bonds is 6. The van der Waals surface area contributed by atoms with Crippen molar-refractivity contribution in [2.45, 2.75) is 44.2 Å². The minimum absolute atomic E-state index is 0. The Hall–Kier alpha value is -1.05. The van der Waals surface area contributed by atoms with Crippen LogP contribution in [0.5, 0.6) is 0 Å². The van der Waals surface area contributed by atoms with E-state index in [2.05, 4.69) is 21.7 Å². The summed E-state index contributed by atoms with van der Waals surface area (Å²) in [6.45, 7) is 0.737. The molecule has 1 aliphatic carbocycles. The average molecular weight is 479 g/mol. The molecule has 0 unspecified atom stereocenters. The lowest BCUT2D eigenvalue weighted by Gasteiger charge is -2.23. The van der Waals surface area contributed by atoms with Crippen LogP contribution >= 0.6 is 36.4 Å². The van der Waals surface area contributed by atoms with Crippen molar-refractivity contribution in [3.05, 3.63) is 52.7 Å². The van der Waals surface area contributed by atoms with E-state index in [-0.39, 0.29) is 30.9 Å². The Morgan fingerprint density at radius 2 is 1.79 bits per heavy atom. The molecule has 1 aliphatic heterocycles. The molecular formula is C20H26Cl3N3O2S. The van der Waals surface area contributed by atoms with E-state index in [0.29, 0.717) is 35.3 Å². The maximum atomic E-state index is 11.6. The first-order chi connectivity index (χ1) is 13.0. The van der Waals surface area contributed by atoms with E-state index >= 15 is 0 Å². The zero-order chi connectivity index (χ0) is 18.9. The molecule has 0 amide bonds. The third-order valence-corrected chi connectivity index (χ3v) is 7.22. The molecule has 9 heteroatoms. The van der Waals surface area contributed by atoms with E-state index in [4.69, 9.17) is 11.6 Å². The molecule has 0 radical (unpaired) electrons. The summed E-state index contributed by atoms with van der Waals surface area (Å²) in [6.07, 6.45) is 5.77. The summed E-state index contributed by atoms with van der Waals surface area (Å²) in [5, 5.41) is 7.55. The molecule has 0 bridgehead atoms. The van der Waals surface area contributed by atoms with Gasteiger partial charge in [0.05, 0.1) is 11.5 Å². The van der Waals surface area contributed by atoms with Crippen molar-refractivity contribution < 1.29 is 8.42 Å². The second-order valence-corrected chi connectivity index (χ2v) is 10.2. The van der Waals surface area contributed by atoms with Gasteiger partial charge >= 0.3 is 0 Å². The summed E-state index contributed by atoms with van der Waals surface area (Å²) in [4.78, 5) is 4.57. The van der Waals surface area contributed by atoms with Crippen molar-refractivity contribution in [3.63, 3.8) is 0 Å². The lowest BCUT2D eigenvalue weighted by molar-refractivity contribution is 0.462. The highest BCUT2D eigenvalue weighted by Crippen LogP contribution is 2.42. The normalized spacial score (nSPS) is 18.4. The summed E-state index contributed by atoms with van der Waals surface area (Å²) in [5.41, 5.74) is 3.47. The lowest BCUT2D eigenvalue weighted by Crippen LogP contribution is -2.37. The average Bonchev–Trinajstić information content (AvgIpc) is 3.47. The van der Waals surface area contributed by atoms with Gasteiger partial charge in [0.25, 0.3) is 0 Å². The maximum absolute atomic E-state index is 11.6. The van der Waals surface area contributed by atoms with Crippen molar-refractivity contribution in [1.29, 1.82) is 0 Å². The van der Waals surface area contributed by atoms with Crippen LogP contribution in [0.3, 0.4) is 0 Å². The summed E-state index contributed by atoms with van der Waals surface area (Å²) in [5.74, 6) is 2.02. The van der Waals surface area contributed by atoms with Gasteiger partial charge in [-0.05, 0) is 67.0 Å². The van der Waals surface area contributed by atoms with Crippen LogP contribution < -0.4 is 10.6 Å². The minimum atomic E-state index is -2.82. The smallest absolute Gasteiger partial charge is 0.150 e. The number of benzene rings is 1. The molecule has 5 nitrogen and oxygen atoms in total. The van der Waals surface area contributed by atoms with Crippen molar-refractivity contribution in [2.75, 3.05) is 16.8 Å². The molecule has 29 heavy (non-hydrogen) atoms. The Labute approximate surface area is 189 Å². The zero-order valence-corrected chi connectivity index (χ0v) is 19.1. The van der Waals surface area contributed by atoms with E-state index < -0.39 is 9.84 Å². The highest BCUT2D eigenvalue weighted by atomic mass is 35.5. The first-order valence-corrected chi connectivity index (χ1v) is 11.6. The molecule has 1 saturated carbocycles. The largest absolute Gasteiger partial charge is 0.340 e.